The van der Waals surface area contributed by atoms with Gasteiger partial charge in [0.25, 0.3) is 0 Å². The van der Waals surface area contributed by atoms with Gasteiger partial charge in [0.2, 0.25) is 0 Å². The fourth-order valence-electron chi connectivity index (χ4n) is 1.71. The van der Waals surface area contributed by atoms with Crippen molar-refractivity contribution in [3.63, 3.8) is 0 Å². The first-order valence-corrected chi connectivity index (χ1v) is 5.32. The molecule has 0 amide bonds. The molecule has 0 spiro atoms. The second-order valence-corrected chi connectivity index (χ2v) is 3.84. The first kappa shape index (κ1) is 12.1. The SMILES string of the molecule is CCC(CN)N(C)Cc1cccc(F)c1. The predicted octanol–water partition coefficient (Wildman–Crippen LogP) is 1.99. The highest BCUT2D eigenvalue weighted by molar-refractivity contribution is 5.16. The van der Waals surface area contributed by atoms with Crippen LogP contribution in [0, 0.1) is 5.82 Å². The van der Waals surface area contributed by atoms with Crippen LogP contribution in [0.15, 0.2) is 24.3 Å². The summed E-state index contributed by atoms with van der Waals surface area (Å²) in [6.07, 6.45) is 1.02. The fourth-order valence-corrected chi connectivity index (χ4v) is 1.71. The summed E-state index contributed by atoms with van der Waals surface area (Å²) in [5.41, 5.74) is 6.64. The van der Waals surface area contributed by atoms with E-state index in [0.717, 1.165) is 18.5 Å². The third kappa shape index (κ3) is 3.61. The lowest BCUT2D eigenvalue weighted by Gasteiger charge is -2.25. The molecule has 3 heteroatoms. The van der Waals surface area contributed by atoms with E-state index in [2.05, 4.69) is 11.8 Å². The first-order valence-electron chi connectivity index (χ1n) is 5.32. The summed E-state index contributed by atoms with van der Waals surface area (Å²) in [4.78, 5) is 2.16. The number of hydrogen-bond acceptors (Lipinski definition) is 2. The van der Waals surface area contributed by atoms with Gasteiger partial charge in [0, 0.05) is 19.1 Å². The molecule has 0 bridgehead atoms. The summed E-state index contributed by atoms with van der Waals surface area (Å²) in [5, 5.41) is 0. The van der Waals surface area contributed by atoms with Gasteiger partial charge in [-0.3, -0.25) is 4.90 Å². The molecule has 0 aromatic heterocycles. The molecule has 0 aliphatic rings. The van der Waals surface area contributed by atoms with Crippen molar-refractivity contribution in [1.82, 2.24) is 4.90 Å². The van der Waals surface area contributed by atoms with Crippen LogP contribution in [0.2, 0.25) is 0 Å². The molecule has 1 atom stereocenters. The Labute approximate surface area is 90.9 Å². The monoisotopic (exact) mass is 210 g/mol. The Kier molecular flexibility index (Phi) is 4.72. The number of rotatable bonds is 5. The van der Waals surface area contributed by atoms with Crippen molar-refractivity contribution in [2.75, 3.05) is 13.6 Å². The van der Waals surface area contributed by atoms with E-state index in [0.29, 0.717) is 12.6 Å². The zero-order valence-corrected chi connectivity index (χ0v) is 9.41. The molecule has 1 aromatic carbocycles. The van der Waals surface area contributed by atoms with Gasteiger partial charge in [-0.15, -0.1) is 0 Å². The Morgan fingerprint density at radius 2 is 2.20 bits per heavy atom. The molecule has 0 saturated carbocycles. The maximum Gasteiger partial charge on any atom is 0.123 e. The molecular weight excluding hydrogens is 191 g/mol. The van der Waals surface area contributed by atoms with Crippen LogP contribution in [-0.2, 0) is 6.54 Å². The molecule has 15 heavy (non-hydrogen) atoms. The van der Waals surface area contributed by atoms with Crippen LogP contribution in [-0.4, -0.2) is 24.5 Å². The Bertz CT molecular complexity index is 297. The smallest absolute Gasteiger partial charge is 0.123 e. The summed E-state index contributed by atoms with van der Waals surface area (Å²) < 4.78 is 12.9. The van der Waals surface area contributed by atoms with Crippen LogP contribution in [0.5, 0.6) is 0 Å². The first-order chi connectivity index (χ1) is 7.17. The second kappa shape index (κ2) is 5.83. The number of likely N-dealkylation sites (N-methyl/N-ethyl adjacent to an activating group) is 1. The van der Waals surface area contributed by atoms with Crippen LogP contribution in [0.25, 0.3) is 0 Å². The standard InChI is InChI=1S/C12H19FN2/c1-3-12(8-14)15(2)9-10-5-4-6-11(13)7-10/h4-7,12H,3,8-9,14H2,1-2H3. The summed E-state index contributed by atoms with van der Waals surface area (Å²) >= 11 is 0. The average molecular weight is 210 g/mol. The van der Waals surface area contributed by atoms with Crippen LogP contribution < -0.4 is 5.73 Å². The Morgan fingerprint density at radius 3 is 2.73 bits per heavy atom. The minimum Gasteiger partial charge on any atom is -0.329 e. The third-order valence-corrected chi connectivity index (χ3v) is 2.69. The molecule has 0 heterocycles. The second-order valence-electron chi connectivity index (χ2n) is 3.84. The van der Waals surface area contributed by atoms with Gasteiger partial charge in [0.05, 0.1) is 0 Å². The van der Waals surface area contributed by atoms with Gasteiger partial charge in [-0.25, -0.2) is 4.39 Å². The number of benzene rings is 1. The summed E-state index contributed by atoms with van der Waals surface area (Å²) in [6.45, 7) is 3.50. The highest BCUT2D eigenvalue weighted by Crippen LogP contribution is 2.09. The minimum absolute atomic E-state index is 0.179. The summed E-state index contributed by atoms with van der Waals surface area (Å²) in [6, 6.07) is 7.07. The predicted molar refractivity (Wildman–Crippen MR) is 61.0 cm³/mol. The van der Waals surface area contributed by atoms with Gasteiger partial charge in [-0.05, 0) is 31.2 Å². The van der Waals surface area contributed by atoms with Gasteiger partial charge in [0.15, 0.2) is 0 Å². The normalized spacial score (nSPS) is 13.1. The zero-order chi connectivity index (χ0) is 11.3. The van der Waals surface area contributed by atoms with Crippen molar-refractivity contribution in [1.29, 1.82) is 0 Å². The highest BCUT2D eigenvalue weighted by atomic mass is 19.1. The zero-order valence-electron chi connectivity index (χ0n) is 9.41. The molecule has 0 fully saturated rings. The quantitative estimate of drug-likeness (QED) is 0.805. The maximum atomic E-state index is 12.9. The topological polar surface area (TPSA) is 29.3 Å². The van der Waals surface area contributed by atoms with E-state index in [4.69, 9.17) is 5.73 Å². The van der Waals surface area contributed by atoms with E-state index in [1.165, 1.54) is 6.07 Å². The lowest BCUT2D eigenvalue weighted by molar-refractivity contribution is 0.232. The van der Waals surface area contributed by atoms with Gasteiger partial charge < -0.3 is 5.73 Å². The van der Waals surface area contributed by atoms with Crippen LogP contribution in [0.3, 0.4) is 0 Å². The van der Waals surface area contributed by atoms with Crippen molar-refractivity contribution in [3.8, 4) is 0 Å². The van der Waals surface area contributed by atoms with Crippen LogP contribution >= 0.6 is 0 Å². The molecule has 2 N–H and O–H groups in total. The van der Waals surface area contributed by atoms with E-state index < -0.39 is 0 Å². The lowest BCUT2D eigenvalue weighted by atomic mass is 10.1. The van der Waals surface area contributed by atoms with Crippen LogP contribution in [0.1, 0.15) is 18.9 Å². The number of halogens is 1. The van der Waals surface area contributed by atoms with E-state index >= 15 is 0 Å². The van der Waals surface area contributed by atoms with E-state index in [9.17, 15) is 4.39 Å². The number of nitrogens with zero attached hydrogens (tertiary/aromatic N) is 1. The highest BCUT2D eigenvalue weighted by Gasteiger charge is 2.10. The van der Waals surface area contributed by atoms with Gasteiger partial charge >= 0.3 is 0 Å². The van der Waals surface area contributed by atoms with Crippen molar-refractivity contribution in [3.05, 3.63) is 35.6 Å². The molecule has 1 aromatic rings. The van der Waals surface area contributed by atoms with E-state index in [1.807, 2.05) is 13.1 Å². The Morgan fingerprint density at radius 1 is 1.47 bits per heavy atom. The molecular formula is C12H19FN2. The molecule has 84 valence electrons. The van der Waals surface area contributed by atoms with Crippen LogP contribution in [0.4, 0.5) is 4.39 Å². The molecule has 0 aliphatic carbocycles. The fraction of sp³-hybridized carbons (Fsp3) is 0.500. The van der Waals surface area contributed by atoms with Crippen molar-refractivity contribution < 1.29 is 4.39 Å². The van der Waals surface area contributed by atoms with Crippen molar-refractivity contribution in [2.24, 2.45) is 5.73 Å². The van der Waals surface area contributed by atoms with Crippen molar-refractivity contribution in [2.45, 2.75) is 25.9 Å². The Hall–Kier alpha value is -0.930. The largest absolute Gasteiger partial charge is 0.329 e. The van der Waals surface area contributed by atoms with E-state index in [-0.39, 0.29) is 5.82 Å². The molecule has 2 nitrogen and oxygen atoms in total. The van der Waals surface area contributed by atoms with Gasteiger partial charge in [0.1, 0.15) is 5.82 Å². The maximum absolute atomic E-state index is 12.9. The molecule has 0 saturated heterocycles. The van der Waals surface area contributed by atoms with E-state index in [1.54, 1.807) is 12.1 Å². The summed E-state index contributed by atoms with van der Waals surface area (Å²) in [5.74, 6) is -0.179. The lowest BCUT2D eigenvalue weighted by Crippen LogP contribution is -2.36. The van der Waals surface area contributed by atoms with Gasteiger partial charge in [-0.1, -0.05) is 19.1 Å². The van der Waals surface area contributed by atoms with Crippen molar-refractivity contribution >= 4 is 0 Å². The minimum atomic E-state index is -0.179. The number of nitrogens with two attached hydrogens (primary N) is 1. The molecule has 0 aliphatic heterocycles. The summed E-state index contributed by atoms with van der Waals surface area (Å²) in [7, 11) is 2.02. The van der Waals surface area contributed by atoms with Gasteiger partial charge in [-0.2, -0.15) is 0 Å². The molecule has 0 radical (unpaired) electrons. The Balaban J connectivity index is 2.61. The third-order valence-electron chi connectivity index (χ3n) is 2.69. The number of hydrogen-bond donors (Lipinski definition) is 1. The average Bonchev–Trinajstić information content (AvgIpc) is 2.19. The molecule has 1 unspecified atom stereocenters. The molecule has 1 rings (SSSR count).